The number of amides is 1. The Kier molecular flexibility index (Phi) is 4.83. The first-order valence-corrected chi connectivity index (χ1v) is 9.54. The Morgan fingerprint density at radius 3 is 2.71 bits per heavy atom. The summed E-state index contributed by atoms with van der Waals surface area (Å²) in [7, 11) is 0. The average molecular weight is 403 g/mol. The fourth-order valence-electron chi connectivity index (χ4n) is 4.55. The topological polar surface area (TPSA) is 68.3 Å². The first kappa shape index (κ1) is 18.9. The molecular formula is C21H20ClFN2O3. The van der Waals surface area contributed by atoms with Crippen molar-refractivity contribution in [1.29, 1.82) is 0 Å². The molecule has 1 aromatic heterocycles. The van der Waals surface area contributed by atoms with Crippen molar-refractivity contribution < 1.29 is 18.7 Å². The van der Waals surface area contributed by atoms with Crippen molar-refractivity contribution in [1.82, 2.24) is 10.3 Å². The van der Waals surface area contributed by atoms with Crippen LogP contribution in [0, 0.1) is 11.2 Å². The molecule has 1 N–H and O–H groups in total. The molecule has 1 amide bonds. The van der Waals surface area contributed by atoms with E-state index in [2.05, 4.69) is 10.3 Å². The van der Waals surface area contributed by atoms with E-state index < -0.39 is 5.82 Å². The number of ketones is 1. The van der Waals surface area contributed by atoms with E-state index in [-0.39, 0.29) is 40.0 Å². The van der Waals surface area contributed by atoms with Crippen LogP contribution in [-0.4, -0.2) is 28.8 Å². The molecule has 0 unspecified atom stereocenters. The second-order valence-corrected chi connectivity index (χ2v) is 8.38. The van der Waals surface area contributed by atoms with Crippen molar-refractivity contribution in [2.75, 3.05) is 6.61 Å². The lowest BCUT2D eigenvalue weighted by Gasteiger charge is -2.70. The highest BCUT2D eigenvalue weighted by Gasteiger charge is 2.68. The van der Waals surface area contributed by atoms with Gasteiger partial charge in [-0.2, -0.15) is 0 Å². The standard InChI is InChI=1S/C21H20ClFN2O3/c22-17-4-3-16(7-18(17)23)28-10-15(26)8-20-11-21(12-20,13-20)25-19(27)6-14-2-1-5-24-9-14/h1-5,7,9H,6,8,10-13H2,(H,25,27). The smallest absolute Gasteiger partial charge is 0.224 e. The van der Waals surface area contributed by atoms with Gasteiger partial charge in [-0.15, -0.1) is 0 Å². The molecular weight excluding hydrogens is 383 g/mol. The second-order valence-electron chi connectivity index (χ2n) is 7.98. The lowest BCUT2D eigenvalue weighted by Crippen LogP contribution is -2.75. The summed E-state index contributed by atoms with van der Waals surface area (Å²) in [6.45, 7) is -0.0941. The first-order valence-electron chi connectivity index (χ1n) is 9.17. The van der Waals surface area contributed by atoms with Crippen LogP contribution >= 0.6 is 11.6 Å². The minimum Gasteiger partial charge on any atom is -0.486 e. The maximum Gasteiger partial charge on any atom is 0.224 e. The van der Waals surface area contributed by atoms with E-state index in [1.54, 1.807) is 12.4 Å². The van der Waals surface area contributed by atoms with Gasteiger partial charge in [-0.3, -0.25) is 14.6 Å². The van der Waals surface area contributed by atoms with E-state index in [1.165, 1.54) is 18.2 Å². The van der Waals surface area contributed by atoms with Crippen LogP contribution in [-0.2, 0) is 16.0 Å². The van der Waals surface area contributed by atoms with Gasteiger partial charge in [-0.05, 0) is 48.4 Å². The van der Waals surface area contributed by atoms with Gasteiger partial charge in [0.05, 0.1) is 11.4 Å². The maximum absolute atomic E-state index is 13.4. The summed E-state index contributed by atoms with van der Waals surface area (Å²) in [6, 6.07) is 7.79. The van der Waals surface area contributed by atoms with E-state index in [4.69, 9.17) is 16.3 Å². The minimum absolute atomic E-state index is 0.0132. The molecule has 0 saturated heterocycles. The van der Waals surface area contributed by atoms with Crippen LogP contribution in [0.2, 0.25) is 5.02 Å². The van der Waals surface area contributed by atoms with Gasteiger partial charge in [0.2, 0.25) is 5.91 Å². The van der Waals surface area contributed by atoms with Gasteiger partial charge in [0.1, 0.15) is 18.2 Å². The number of Topliss-reactive ketones (excluding diaryl/α,β-unsaturated/α-hetero) is 1. The molecule has 5 rings (SSSR count). The fourth-order valence-corrected chi connectivity index (χ4v) is 4.66. The van der Waals surface area contributed by atoms with E-state index in [0.717, 1.165) is 24.8 Å². The summed E-state index contributed by atoms with van der Waals surface area (Å²) >= 11 is 5.63. The van der Waals surface area contributed by atoms with Crippen molar-refractivity contribution in [3.63, 3.8) is 0 Å². The Labute approximate surface area is 167 Å². The van der Waals surface area contributed by atoms with E-state index in [9.17, 15) is 14.0 Å². The Hall–Kier alpha value is -2.47. The Morgan fingerprint density at radius 1 is 1.25 bits per heavy atom. The van der Waals surface area contributed by atoms with Gasteiger partial charge in [0, 0.05) is 30.4 Å². The Bertz CT molecular complexity index is 899. The minimum atomic E-state index is -0.574. The van der Waals surface area contributed by atoms with Crippen LogP contribution in [0.5, 0.6) is 5.75 Å². The van der Waals surface area contributed by atoms with Crippen LogP contribution < -0.4 is 10.1 Å². The van der Waals surface area contributed by atoms with Gasteiger partial charge >= 0.3 is 0 Å². The molecule has 0 radical (unpaired) electrons. The summed E-state index contributed by atoms with van der Waals surface area (Å²) in [5.41, 5.74) is 0.708. The predicted octanol–water partition coefficient (Wildman–Crippen LogP) is 3.49. The van der Waals surface area contributed by atoms with Gasteiger partial charge in [0.25, 0.3) is 0 Å². The number of carbonyl (C=O) groups excluding carboxylic acids is 2. The molecule has 2 aromatic rings. The predicted molar refractivity (Wildman–Crippen MR) is 102 cm³/mol. The van der Waals surface area contributed by atoms with Gasteiger partial charge in [0.15, 0.2) is 5.78 Å². The summed E-state index contributed by atoms with van der Waals surface area (Å²) in [4.78, 5) is 28.5. The Morgan fingerprint density at radius 2 is 2.04 bits per heavy atom. The van der Waals surface area contributed by atoms with Gasteiger partial charge in [-0.1, -0.05) is 17.7 Å². The maximum atomic E-state index is 13.4. The van der Waals surface area contributed by atoms with E-state index in [0.29, 0.717) is 12.8 Å². The number of benzene rings is 1. The van der Waals surface area contributed by atoms with Crippen molar-refractivity contribution >= 4 is 23.3 Å². The zero-order chi connectivity index (χ0) is 19.8. The van der Waals surface area contributed by atoms with Gasteiger partial charge in [-0.25, -0.2) is 4.39 Å². The van der Waals surface area contributed by atoms with Crippen LogP contribution in [0.1, 0.15) is 31.2 Å². The number of carbonyl (C=O) groups is 2. The number of hydrogen-bond acceptors (Lipinski definition) is 4. The molecule has 1 heterocycles. The van der Waals surface area contributed by atoms with Crippen LogP contribution in [0.15, 0.2) is 42.7 Å². The summed E-state index contributed by atoms with van der Waals surface area (Å²) in [6.07, 6.45) is 6.56. The zero-order valence-corrected chi connectivity index (χ0v) is 16.0. The molecule has 0 aliphatic heterocycles. The van der Waals surface area contributed by atoms with Crippen LogP contribution in [0.4, 0.5) is 4.39 Å². The highest BCUT2D eigenvalue weighted by molar-refractivity contribution is 6.30. The molecule has 1 aromatic carbocycles. The summed E-state index contributed by atoms with van der Waals surface area (Å²) < 4.78 is 18.8. The largest absolute Gasteiger partial charge is 0.486 e. The number of pyridine rings is 1. The monoisotopic (exact) mass is 402 g/mol. The van der Waals surface area contributed by atoms with E-state index in [1.807, 2.05) is 12.1 Å². The number of nitrogens with zero attached hydrogens (tertiary/aromatic N) is 1. The highest BCUT2D eigenvalue weighted by Crippen LogP contribution is 2.69. The molecule has 3 fully saturated rings. The molecule has 146 valence electrons. The molecule has 3 aliphatic carbocycles. The quantitative estimate of drug-likeness (QED) is 0.733. The zero-order valence-electron chi connectivity index (χ0n) is 15.2. The third-order valence-corrected chi connectivity index (χ3v) is 5.80. The molecule has 3 saturated carbocycles. The molecule has 3 aliphatic rings. The van der Waals surface area contributed by atoms with Crippen molar-refractivity contribution in [3.05, 3.63) is 59.1 Å². The number of aromatic nitrogens is 1. The SMILES string of the molecule is O=C(COc1ccc(Cl)c(F)c1)CC12CC(NC(=O)Cc3cccnc3)(C1)C2. The summed E-state index contributed by atoms with van der Waals surface area (Å²) in [5, 5.41) is 3.13. The molecule has 0 atom stereocenters. The fraction of sp³-hybridized carbons (Fsp3) is 0.381. The van der Waals surface area contributed by atoms with Crippen molar-refractivity contribution in [3.8, 4) is 5.75 Å². The van der Waals surface area contributed by atoms with Crippen molar-refractivity contribution in [2.24, 2.45) is 5.41 Å². The van der Waals surface area contributed by atoms with Gasteiger partial charge < -0.3 is 10.1 Å². The lowest BCUT2D eigenvalue weighted by atomic mass is 9.38. The first-order chi connectivity index (χ1) is 13.4. The average Bonchev–Trinajstić information content (AvgIpc) is 2.60. The molecule has 7 heteroatoms. The number of ether oxygens (including phenoxy) is 1. The highest BCUT2D eigenvalue weighted by atomic mass is 35.5. The number of nitrogens with one attached hydrogen (secondary N) is 1. The summed E-state index contributed by atoms with van der Waals surface area (Å²) in [5.74, 6) is -0.326. The number of rotatable bonds is 8. The third-order valence-electron chi connectivity index (χ3n) is 5.50. The molecule has 5 nitrogen and oxygen atoms in total. The lowest BCUT2D eigenvalue weighted by molar-refractivity contribution is -0.172. The third kappa shape index (κ3) is 3.87. The molecule has 28 heavy (non-hydrogen) atoms. The molecule has 0 spiro atoms. The van der Waals surface area contributed by atoms with Crippen LogP contribution in [0.25, 0.3) is 0 Å². The van der Waals surface area contributed by atoms with E-state index >= 15 is 0 Å². The Balaban J connectivity index is 1.20. The normalized spacial score (nSPS) is 24.6. The molecule has 2 bridgehead atoms. The number of hydrogen-bond donors (Lipinski definition) is 1. The van der Waals surface area contributed by atoms with Crippen molar-refractivity contribution in [2.45, 2.75) is 37.6 Å². The van der Waals surface area contributed by atoms with Crippen LogP contribution in [0.3, 0.4) is 0 Å². The second kappa shape index (κ2) is 7.17. The number of halogens is 2.